The monoisotopic (exact) mass is 380 g/mol. The van der Waals surface area contributed by atoms with Crippen molar-refractivity contribution in [2.75, 3.05) is 0 Å². The Labute approximate surface area is 159 Å². The summed E-state index contributed by atoms with van der Waals surface area (Å²) in [6, 6.07) is 9.15. The summed E-state index contributed by atoms with van der Waals surface area (Å²) >= 11 is 0. The molecule has 0 aliphatic heterocycles. The molecule has 0 aliphatic carbocycles. The zero-order valence-electron chi connectivity index (χ0n) is 16.4. The molecule has 0 fully saturated rings. The van der Waals surface area contributed by atoms with E-state index in [9.17, 15) is 14.4 Å². The molecule has 2 unspecified atom stereocenters. The second-order valence-corrected chi connectivity index (χ2v) is 7.18. The Morgan fingerprint density at radius 2 is 1.70 bits per heavy atom. The van der Waals surface area contributed by atoms with Crippen LogP contribution in [0, 0.1) is 5.41 Å². The summed E-state index contributed by atoms with van der Waals surface area (Å²) in [5.41, 5.74) is 6.04. The molecular formula is C19H28N2O6. The van der Waals surface area contributed by atoms with Crippen molar-refractivity contribution >= 4 is 17.8 Å². The molecular weight excluding hydrogens is 352 g/mol. The second kappa shape index (κ2) is 9.48. The second-order valence-electron chi connectivity index (χ2n) is 7.18. The topological polar surface area (TPSA) is 117 Å². The van der Waals surface area contributed by atoms with Crippen LogP contribution >= 0.6 is 0 Å². The summed E-state index contributed by atoms with van der Waals surface area (Å²) in [7, 11) is 0. The fourth-order valence-electron chi connectivity index (χ4n) is 1.93. The van der Waals surface area contributed by atoms with E-state index in [2.05, 4.69) is 4.84 Å². The number of amides is 1. The zero-order valence-corrected chi connectivity index (χ0v) is 16.4. The molecule has 150 valence electrons. The Kier molecular flexibility index (Phi) is 7.93. The lowest BCUT2D eigenvalue weighted by Gasteiger charge is -2.33. The maximum Gasteiger partial charge on any atom is 0.331 e. The summed E-state index contributed by atoms with van der Waals surface area (Å²) in [6.07, 6.45) is -1.28. The number of esters is 1. The van der Waals surface area contributed by atoms with Gasteiger partial charge in [0.05, 0.1) is 6.61 Å². The van der Waals surface area contributed by atoms with Gasteiger partial charge >= 0.3 is 11.9 Å². The van der Waals surface area contributed by atoms with Crippen molar-refractivity contribution in [2.24, 2.45) is 11.1 Å². The lowest BCUT2D eigenvalue weighted by atomic mass is 9.87. The fraction of sp³-hybridized carbons (Fsp3) is 0.526. The van der Waals surface area contributed by atoms with Gasteiger partial charge in [0.1, 0.15) is 11.8 Å². The zero-order chi connectivity index (χ0) is 20.7. The number of hydroxylamine groups is 1. The summed E-state index contributed by atoms with van der Waals surface area (Å²) < 4.78 is 10.9. The Morgan fingerprint density at radius 3 is 2.22 bits per heavy atom. The quantitative estimate of drug-likeness (QED) is 0.321. The Balaban J connectivity index is 2.98. The molecule has 0 radical (unpaired) electrons. The van der Waals surface area contributed by atoms with Crippen molar-refractivity contribution in [1.82, 2.24) is 5.48 Å². The highest BCUT2D eigenvalue weighted by molar-refractivity contribution is 6.03. The predicted molar refractivity (Wildman–Crippen MR) is 97.7 cm³/mol. The fourth-order valence-corrected chi connectivity index (χ4v) is 1.93. The highest BCUT2D eigenvalue weighted by Gasteiger charge is 2.51. The van der Waals surface area contributed by atoms with E-state index >= 15 is 0 Å². The van der Waals surface area contributed by atoms with Crippen LogP contribution < -0.4 is 11.2 Å². The molecule has 1 aromatic rings. The molecule has 3 N–H and O–H groups in total. The van der Waals surface area contributed by atoms with Crippen LogP contribution in [0.1, 0.15) is 46.6 Å². The summed E-state index contributed by atoms with van der Waals surface area (Å²) in [6.45, 7) is 7.93. The predicted octanol–water partition coefficient (Wildman–Crippen LogP) is 1.82. The van der Waals surface area contributed by atoms with E-state index in [0.29, 0.717) is 0 Å². The van der Waals surface area contributed by atoms with Gasteiger partial charge in [-0.15, -0.1) is 0 Å². The Bertz CT molecular complexity index is 656. The molecule has 0 heterocycles. The first-order valence-corrected chi connectivity index (χ1v) is 8.65. The van der Waals surface area contributed by atoms with E-state index in [1.165, 1.54) is 6.92 Å². The van der Waals surface area contributed by atoms with E-state index in [-0.39, 0.29) is 13.0 Å². The number of benzene rings is 1. The van der Waals surface area contributed by atoms with Gasteiger partial charge in [0.15, 0.2) is 5.41 Å². The maximum absolute atomic E-state index is 12.7. The number of carbonyl (C=O) groups excluding carboxylic acids is 3. The van der Waals surface area contributed by atoms with Crippen LogP contribution in [0.2, 0.25) is 0 Å². The largest absolute Gasteiger partial charge is 0.459 e. The average Bonchev–Trinajstić information content (AvgIpc) is 2.62. The molecule has 0 aliphatic rings. The van der Waals surface area contributed by atoms with Crippen molar-refractivity contribution < 1.29 is 28.7 Å². The number of carbonyl (C=O) groups is 3. The number of hydrogen-bond acceptors (Lipinski definition) is 7. The van der Waals surface area contributed by atoms with Gasteiger partial charge in [0.25, 0.3) is 5.91 Å². The average molecular weight is 380 g/mol. The minimum Gasteiger partial charge on any atom is -0.459 e. The first kappa shape index (κ1) is 22.6. The molecule has 8 nitrogen and oxygen atoms in total. The number of ether oxygens (including phenoxy) is 2. The third-order valence-electron chi connectivity index (χ3n) is 3.68. The van der Waals surface area contributed by atoms with Crippen molar-refractivity contribution in [1.29, 1.82) is 0 Å². The smallest absolute Gasteiger partial charge is 0.331 e. The Morgan fingerprint density at radius 1 is 1.11 bits per heavy atom. The molecule has 27 heavy (non-hydrogen) atoms. The van der Waals surface area contributed by atoms with Gasteiger partial charge in [-0.3, -0.25) is 9.59 Å². The van der Waals surface area contributed by atoms with Crippen LogP contribution in [0.3, 0.4) is 0 Å². The minimum atomic E-state index is -1.93. The lowest BCUT2D eigenvalue weighted by Crippen LogP contribution is -2.58. The van der Waals surface area contributed by atoms with Crippen LogP contribution in [0.15, 0.2) is 30.3 Å². The number of hydrogen-bond donors (Lipinski definition) is 2. The molecule has 2 atom stereocenters. The maximum atomic E-state index is 12.7. The number of rotatable bonds is 7. The van der Waals surface area contributed by atoms with Gasteiger partial charge in [-0.25, -0.2) is 4.79 Å². The normalized spacial score (nSPS) is 14.6. The van der Waals surface area contributed by atoms with Crippen LogP contribution in [-0.2, 0) is 35.3 Å². The van der Waals surface area contributed by atoms with E-state index < -0.39 is 35.1 Å². The van der Waals surface area contributed by atoms with Crippen LogP contribution in [0.4, 0.5) is 0 Å². The Hall–Kier alpha value is -2.45. The van der Waals surface area contributed by atoms with Crippen LogP contribution in [0.5, 0.6) is 0 Å². The molecule has 0 bridgehead atoms. The van der Waals surface area contributed by atoms with Crippen molar-refractivity contribution in [2.45, 2.75) is 59.5 Å². The third kappa shape index (κ3) is 6.65. The van der Waals surface area contributed by atoms with Gasteiger partial charge in [0.2, 0.25) is 0 Å². The SMILES string of the molecule is CCC(=O)ONC(=O)C(C)(C(=O)OC(C)(C)C)C(N)OCc1ccccc1. The molecule has 0 saturated heterocycles. The van der Waals surface area contributed by atoms with Gasteiger partial charge in [-0.1, -0.05) is 37.3 Å². The van der Waals surface area contributed by atoms with E-state index in [1.54, 1.807) is 27.7 Å². The lowest BCUT2D eigenvalue weighted by molar-refractivity contribution is -0.186. The van der Waals surface area contributed by atoms with Gasteiger partial charge < -0.3 is 20.0 Å². The highest BCUT2D eigenvalue weighted by atomic mass is 16.7. The van der Waals surface area contributed by atoms with E-state index in [0.717, 1.165) is 5.56 Å². The summed E-state index contributed by atoms with van der Waals surface area (Å²) in [5, 5.41) is 0. The van der Waals surface area contributed by atoms with Crippen molar-refractivity contribution in [3.63, 3.8) is 0 Å². The van der Waals surface area contributed by atoms with E-state index in [1.807, 2.05) is 35.8 Å². The number of nitrogens with one attached hydrogen (secondary N) is 1. The number of nitrogens with two attached hydrogens (primary N) is 1. The molecule has 8 heteroatoms. The van der Waals surface area contributed by atoms with Gasteiger partial charge in [0, 0.05) is 6.42 Å². The minimum absolute atomic E-state index is 0.0555. The van der Waals surface area contributed by atoms with Crippen molar-refractivity contribution in [3.05, 3.63) is 35.9 Å². The highest BCUT2D eigenvalue weighted by Crippen LogP contribution is 2.27. The van der Waals surface area contributed by atoms with Gasteiger partial charge in [-0.2, -0.15) is 5.48 Å². The standard InChI is InChI=1S/C19H28N2O6/c1-6-14(22)27-21-16(23)19(5,17(24)26-18(2,3)4)15(20)25-12-13-10-8-7-9-11-13/h7-11,15H,6,12,20H2,1-5H3,(H,21,23). The molecule has 0 saturated carbocycles. The van der Waals surface area contributed by atoms with Crippen LogP contribution in [0.25, 0.3) is 0 Å². The van der Waals surface area contributed by atoms with Gasteiger partial charge in [-0.05, 0) is 33.3 Å². The molecule has 0 spiro atoms. The molecule has 1 rings (SSSR count). The molecule has 1 amide bonds. The molecule has 1 aromatic carbocycles. The third-order valence-corrected chi connectivity index (χ3v) is 3.68. The summed E-state index contributed by atoms with van der Waals surface area (Å²) in [5.74, 6) is -2.48. The first-order valence-electron chi connectivity index (χ1n) is 8.65. The first-order chi connectivity index (χ1) is 12.5. The summed E-state index contributed by atoms with van der Waals surface area (Å²) in [4.78, 5) is 41.3. The molecule has 0 aromatic heterocycles. The van der Waals surface area contributed by atoms with Crippen LogP contribution in [-0.4, -0.2) is 29.7 Å². The van der Waals surface area contributed by atoms with Crippen molar-refractivity contribution in [3.8, 4) is 0 Å². The van der Waals surface area contributed by atoms with E-state index in [4.69, 9.17) is 15.2 Å².